The van der Waals surface area contributed by atoms with Crippen LogP contribution in [0.4, 0.5) is 0 Å². The molecule has 0 aromatic heterocycles. The summed E-state index contributed by atoms with van der Waals surface area (Å²) in [5.41, 5.74) is 0.824. The van der Waals surface area contributed by atoms with E-state index in [0.29, 0.717) is 24.9 Å². The lowest BCUT2D eigenvalue weighted by molar-refractivity contribution is -0.157. The van der Waals surface area contributed by atoms with Gasteiger partial charge >= 0.3 is 11.9 Å². The molecule has 0 aliphatic carbocycles. The molecule has 1 unspecified atom stereocenters. The van der Waals surface area contributed by atoms with Crippen LogP contribution in [0.1, 0.15) is 69.8 Å². The number of hydrogen-bond acceptors (Lipinski definition) is 5. The number of allylic oxidation sites excluding steroid dienone is 4. The molecule has 0 saturated carbocycles. The topological polar surface area (TPSA) is 55.8 Å². The van der Waals surface area contributed by atoms with E-state index in [1.54, 1.807) is 0 Å². The van der Waals surface area contributed by atoms with Crippen molar-refractivity contribution in [2.45, 2.75) is 82.4 Å². The van der Waals surface area contributed by atoms with Crippen LogP contribution in [0.2, 0.25) is 0 Å². The zero-order valence-corrected chi connectivity index (χ0v) is 19.4. The molecule has 174 valence electrons. The normalized spacial score (nSPS) is 24.1. The van der Waals surface area contributed by atoms with Gasteiger partial charge in [-0.1, -0.05) is 54.6 Å². The van der Waals surface area contributed by atoms with Crippen molar-refractivity contribution in [3.05, 3.63) is 60.2 Å². The molecule has 4 atom stereocenters. The van der Waals surface area contributed by atoms with Crippen molar-refractivity contribution >= 4 is 11.9 Å². The van der Waals surface area contributed by atoms with E-state index in [0.717, 1.165) is 31.2 Å². The van der Waals surface area contributed by atoms with Crippen molar-refractivity contribution in [2.24, 2.45) is 0 Å². The molecule has 1 aromatic carbocycles. The van der Waals surface area contributed by atoms with Gasteiger partial charge in [0.2, 0.25) is 0 Å². The van der Waals surface area contributed by atoms with Crippen molar-refractivity contribution in [3.63, 3.8) is 0 Å². The number of hydrogen-bond donors (Lipinski definition) is 0. The minimum atomic E-state index is -0.589. The summed E-state index contributed by atoms with van der Waals surface area (Å²) in [4.78, 5) is 27.7. The summed E-state index contributed by atoms with van der Waals surface area (Å²) < 4.78 is 11.4. The summed E-state index contributed by atoms with van der Waals surface area (Å²) in [6.07, 6.45) is 15.3. The Labute approximate surface area is 192 Å². The van der Waals surface area contributed by atoms with Gasteiger partial charge in [-0.15, -0.1) is 0 Å². The number of esters is 2. The summed E-state index contributed by atoms with van der Waals surface area (Å²) in [5.74, 6) is -1.16. The molecule has 2 aliphatic heterocycles. The number of carbonyl (C=O) groups excluding carboxylic acids is 2. The second kappa shape index (κ2) is 12.6. The summed E-state index contributed by atoms with van der Waals surface area (Å²) in [7, 11) is 2.17. The maximum absolute atomic E-state index is 13.1. The van der Waals surface area contributed by atoms with Gasteiger partial charge in [0.15, 0.2) is 0 Å². The standard InChI is InChI=1S/C27H37NO4/c1-3-4-5-6-7-8-12-15-26(29)31-20-25(21-13-10-9-11-14-21)27(30)32-24-18-22-16-17-23(19-24)28(22)2/h3-4,7-11,13-14,22-25H,5-6,12,15-20H2,1-2H3/b4-3+,8-7+/t22-,23+,24+,25?. The van der Waals surface area contributed by atoms with Gasteiger partial charge in [-0.2, -0.15) is 0 Å². The van der Waals surface area contributed by atoms with E-state index in [-0.39, 0.29) is 24.6 Å². The molecule has 2 heterocycles. The van der Waals surface area contributed by atoms with Gasteiger partial charge in [0.05, 0.1) is 0 Å². The Kier molecular flexibility index (Phi) is 9.54. The first-order chi connectivity index (χ1) is 15.6. The van der Waals surface area contributed by atoms with Crippen LogP contribution >= 0.6 is 0 Å². The fraction of sp³-hybridized carbons (Fsp3) is 0.556. The van der Waals surface area contributed by atoms with E-state index in [9.17, 15) is 9.59 Å². The minimum absolute atomic E-state index is 0.0200. The fourth-order valence-corrected chi connectivity index (χ4v) is 4.73. The largest absolute Gasteiger partial charge is 0.464 e. The van der Waals surface area contributed by atoms with E-state index in [1.807, 2.05) is 49.4 Å². The number of ether oxygens (including phenoxy) is 2. The third-order valence-corrected chi connectivity index (χ3v) is 6.65. The lowest BCUT2D eigenvalue weighted by Gasteiger charge is -2.36. The van der Waals surface area contributed by atoms with E-state index >= 15 is 0 Å². The second-order valence-corrected chi connectivity index (χ2v) is 8.88. The molecule has 3 rings (SSSR count). The number of piperidine rings is 1. The lowest BCUT2D eigenvalue weighted by atomic mass is 9.98. The van der Waals surface area contributed by atoms with Crippen molar-refractivity contribution in [1.82, 2.24) is 4.90 Å². The minimum Gasteiger partial charge on any atom is -0.464 e. The molecular weight excluding hydrogens is 402 g/mol. The summed E-state index contributed by atoms with van der Waals surface area (Å²) in [5, 5.41) is 0. The predicted octanol–water partition coefficient (Wildman–Crippen LogP) is 5.17. The van der Waals surface area contributed by atoms with Gasteiger partial charge in [-0.25, -0.2) is 0 Å². The number of carbonyl (C=O) groups is 2. The highest BCUT2D eigenvalue weighted by Gasteiger charge is 2.40. The number of nitrogens with zero attached hydrogens (tertiary/aromatic N) is 1. The number of rotatable bonds is 11. The smallest absolute Gasteiger partial charge is 0.317 e. The van der Waals surface area contributed by atoms with E-state index in [1.165, 1.54) is 12.8 Å². The summed E-state index contributed by atoms with van der Waals surface area (Å²) in [6, 6.07) is 10.5. The zero-order chi connectivity index (χ0) is 22.8. The quantitative estimate of drug-likeness (QED) is 0.270. The molecule has 2 fully saturated rings. The maximum atomic E-state index is 13.1. The monoisotopic (exact) mass is 439 g/mol. The number of unbranched alkanes of at least 4 members (excludes halogenated alkanes) is 1. The molecule has 0 N–H and O–H groups in total. The van der Waals surface area contributed by atoms with Crippen LogP contribution in [0.3, 0.4) is 0 Å². The fourth-order valence-electron chi connectivity index (χ4n) is 4.73. The molecule has 2 saturated heterocycles. The molecule has 0 amide bonds. The first kappa shape index (κ1) is 24.2. The van der Waals surface area contributed by atoms with E-state index in [4.69, 9.17) is 9.47 Å². The maximum Gasteiger partial charge on any atom is 0.317 e. The molecule has 2 bridgehead atoms. The van der Waals surface area contributed by atoms with Crippen molar-refractivity contribution in [1.29, 1.82) is 0 Å². The Morgan fingerprint density at radius 2 is 1.69 bits per heavy atom. The van der Waals surface area contributed by atoms with Gasteiger partial charge in [0, 0.05) is 18.5 Å². The van der Waals surface area contributed by atoms with Crippen LogP contribution in [0.5, 0.6) is 0 Å². The molecule has 2 aliphatic rings. The van der Waals surface area contributed by atoms with Gasteiger partial charge in [0.25, 0.3) is 0 Å². The van der Waals surface area contributed by atoms with Gasteiger partial charge < -0.3 is 14.4 Å². The Morgan fingerprint density at radius 1 is 1.03 bits per heavy atom. The van der Waals surface area contributed by atoms with Crippen molar-refractivity contribution in [2.75, 3.05) is 13.7 Å². The predicted molar refractivity (Wildman–Crippen MR) is 126 cm³/mol. The molecule has 1 aromatic rings. The zero-order valence-electron chi connectivity index (χ0n) is 19.4. The molecule has 0 spiro atoms. The summed E-state index contributed by atoms with van der Waals surface area (Å²) in [6.45, 7) is 2.03. The van der Waals surface area contributed by atoms with Crippen LogP contribution in [-0.2, 0) is 19.1 Å². The van der Waals surface area contributed by atoms with Crippen LogP contribution in [-0.4, -0.2) is 48.7 Å². The van der Waals surface area contributed by atoms with Crippen molar-refractivity contribution < 1.29 is 19.1 Å². The Bertz CT molecular complexity index is 774. The first-order valence-electron chi connectivity index (χ1n) is 12.0. The van der Waals surface area contributed by atoms with Crippen LogP contribution in [0.15, 0.2) is 54.6 Å². The Balaban J connectivity index is 1.50. The Hall–Kier alpha value is -2.40. The average Bonchev–Trinajstić information content (AvgIpc) is 2.99. The first-order valence-corrected chi connectivity index (χ1v) is 12.0. The van der Waals surface area contributed by atoms with E-state index < -0.39 is 5.92 Å². The summed E-state index contributed by atoms with van der Waals surface area (Å²) >= 11 is 0. The third-order valence-electron chi connectivity index (χ3n) is 6.65. The SMILES string of the molecule is C/C=C/CC/C=C/CCC(=O)OCC(C(=O)O[C@H]1C[C@H]2CC[C@@H](C1)N2C)c1ccccc1. The molecular formula is C27H37NO4. The van der Waals surface area contributed by atoms with Crippen molar-refractivity contribution in [3.8, 4) is 0 Å². The van der Waals surface area contributed by atoms with Gasteiger partial charge in [0.1, 0.15) is 18.6 Å². The van der Waals surface area contributed by atoms with Crippen LogP contribution in [0.25, 0.3) is 0 Å². The lowest BCUT2D eigenvalue weighted by Crippen LogP contribution is -2.44. The number of fused-ring (bicyclic) bond motifs is 2. The Morgan fingerprint density at radius 3 is 2.38 bits per heavy atom. The van der Waals surface area contributed by atoms with Crippen LogP contribution < -0.4 is 0 Å². The molecule has 5 nitrogen and oxygen atoms in total. The van der Waals surface area contributed by atoms with Gasteiger partial charge in [-0.05, 0) is 64.5 Å². The highest BCUT2D eigenvalue weighted by Crippen LogP contribution is 2.36. The highest BCUT2D eigenvalue weighted by atomic mass is 16.6. The van der Waals surface area contributed by atoms with Gasteiger partial charge in [-0.3, -0.25) is 9.59 Å². The molecule has 32 heavy (non-hydrogen) atoms. The third kappa shape index (κ3) is 7.06. The molecule has 5 heteroatoms. The van der Waals surface area contributed by atoms with Crippen LogP contribution in [0, 0.1) is 0 Å². The average molecular weight is 440 g/mol. The highest BCUT2D eigenvalue weighted by molar-refractivity contribution is 5.79. The number of benzene rings is 1. The van der Waals surface area contributed by atoms with E-state index in [2.05, 4.69) is 24.1 Å². The second-order valence-electron chi connectivity index (χ2n) is 8.88. The molecule has 0 radical (unpaired) electrons.